The highest BCUT2D eigenvalue weighted by Crippen LogP contribution is 2.31. The van der Waals surface area contributed by atoms with E-state index >= 15 is 0 Å². The maximum absolute atomic E-state index is 11.6. The first-order chi connectivity index (χ1) is 13.1. The first-order valence-electron chi connectivity index (χ1n) is 9.13. The average molecular weight is 370 g/mol. The number of nitrogens with zero attached hydrogens (tertiary/aromatic N) is 4. The molecule has 1 aromatic carbocycles. The minimum atomic E-state index is -0.289. The number of carbonyl (C=O) groups excluding carboxylic acids is 1. The number of hydrogen-bond acceptors (Lipinski definition) is 7. The van der Waals surface area contributed by atoms with Gasteiger partial charge in [-0.3, -0.25) is 0 Å². The van der Waals surface area contributed by atoms with Crippen LogP contribution in [0, 0.1) is 0 Å². The fourth-order valence-electron chi connectivity index (χ4n) is 3.47. The summed E-state index contributed by atoms with van der Waals surface area (Å²) in [5.74, 6) is 1.59. The minimum absolute atomic E-state index is 0.151. The van der Waals surface area contributed by atoms with Crippen molar-refractivity contribution in [1.82, 2.24) is 20.2 Å². The monoisotopic (exact) mass is 370 g/mol. The van der Waals surface area contributed by atoms with Crippen molar-refractivity contribution in [3.8, 4) is 11.4 Å². The number of methoxy groups -OCH3 is 1. The van der Waals surface area contributed by atoms with Gasteiger partial charge in [-0.2, -0.15) is 4.98 Å². The molecule has 4 rings (SSSR count). The molecule has 1 aliphatic rings. The van der Waals surface area contributed by atoms with E-state index in [1.165, 1.54) is 7.11 Å². The molecule has 3 aromatic rings. The molecule has 0 spiro atoms. The normalized spacial score (nSPS) is 15.6. The van der Waals surface area contributed by atoms with E-state index in [-0.39, 0.29) is 17.9 Å². The van der Waals surface area contributed by atoms with Crippen LogP contribution in [0.5, 0.6) is 0 Å². The Hall–Kier alpha value is -2.90. The summed E-state index contributed by atoms with van der Waals surface area (Å²) in [6.45, 7) is 5.41. The van der Waals surface area contributed by atoms with E-state index < -0.39 is 0 Å². The van der Waals surface area contributed by atoms with Gasteiger partial charge in [0.2, 0.25) is 11.7 Å². The predicted molar refractivity (Wildman–Crippen MR) is 97.3 cm³/mol. The molecule has 1 amide bonds. The zero-order valence-corrected chi connectivity index (χ0v) is 15.6. The summed E-state index contributed by atoms with van der Waals surface area (Å²) in [5, 5.41) is 9.28. The second-order valence-corrected chi connectivity index (χ2v) is 7.12. The molecule has 0 bridgehead atoms. The Morgan fingerprint density at radius 1 is 1.22 bits per heavy atom. The van der Waals surface area contributed by atoms with E-state index in [4.69, 9.17) is 13.8 Å². The number of piperidine rings is 1. The van der Waals surface area contributed by atoms with E-state index in [1.807, 2.05) is 18.2 Å². The third-order valence-electron chi connectivity index (χ3n) is 5.02. The third kappa shape index (κ3) is 3.27. The highest BCUT2D eigenvalue weighted by atomic mass is 16.5. The Morgan fingerprint density at radius 3 is 2.70 bits per heavy atom. The summed E-state index contributed by atoms with van der Waals surface area (Å²) in [4.78, 5) is 17.9. The molecule has 1 aliphatic heterocycles. The smallest absolute Gasteiger partial charge is 0.409 e. The Kier molecular flexibility index (Phi) is 4.55. The molecule has 1 fully saturated rings. The molecule has 1 saturated heterocycles. The number of likely N-dealkylation sites (tertiary alicyclic amines) is 1. The number of hydrogen-bond donors (Lipinski definition) is 0. The van der Waals surface area contributed by atoms with Gasteiger partial charge in [0, 0.05) is 30.0 Å². The Bertz CT molecular complexity index is 954. The van der Waals surface area contributed by atoms with Gasteiger partial charge in [0.05, 0.1) is 12.8 Å². The van der Waals surface area contributed by atoms with Crippen molar-refractivity contribution in [2.45, 2.75) is 38.5 Å². The van der Waals surface area contributed by atoms with Gasteiger partial charge in [-0.25, -0.2) is 4.79 Å². The van der Waals surface area contributed by atoms with Gasteiger partial charge < -0.3 is 18.7 Å². The molecule has 142 valence electrons. The van der Waals surface area contributed by atoms with Crippen LogP contribution in [0.2, 0.25) is 0 Å². The van der Waals surface area contributed by atoms with E-state index in [0.29, 0.717) is 24.8 Å². The molecular weight excluding hydrogens is 348 g/mol. The SMILES string of the molecule is COC(=O)N1CCC(c2nc(-c3ccc4onc(C(C)C)c4c3)no2)CC1. The average Bonchev–Trinajstić information content (AvgIpc) is 3.34. The lowest BCUT2D eigenvalue weighted by Crippen LogP contribution is -2.37. The van der Waals surface area contributed by atoms with Gasteiger partial charge in [-0.1, -0.05) is 24.2 Å². The van der Waals surface area contributed by atoms with Crippen LogP contribution in [-0.4, -0.2) is 46.5 Å². The zero-order valence-electron chi connectivity index (χ0n) is 15.6. The van der Waals surface area contributed by atoms with Crippen molar-refractivity contribution < 1.29 is 18.6 Å². The van der Waals surface area contributed by atoms with Crippen molar-refractivity contribution in [2.24, 2.45) is 0 Å². The standard InChI is InChI=1S/C19H22N4O4/c1-11(2)16-14-10-13(4-5-15(14)26-21-16)17-20-18(27-22-17)12-6-8-23(9-7-12)19(24)25-3/h4-5,10-12H,6-9H2,1-3H3. The molecule has 0 unspecified atom stereocenters. The van der Waals surface area contributed by atoms with E-state index in [0.717, 1.165) is 35.1 Å². The van der Waals surface area contributed by atoms with Crippen LogP contribution in [0.4, 0.5) is 4.79 Å². The lowest BCUT2D eigenvalue weighted by Gasteiger charge is -2.28. The summed E-state index contributed by atoms with van der Waals surface area (Å²) in [7, 11) is 1.40. The summed E-state index contributed by atoms with van der Waals surface area (Å²) in [6.07, 6.45) is 1.26. The van der Waals surface area contributed by atoms with Gasteiger partial charge in [0.1, 0.15) is 0 Å². The van der Waals surface area contributed by atoms with Crippen LogP contribution in [0.1, 0.15) is 50.1 Å². The van der Waals surface area contributed by atoms with Gasteiger partial charge in [0.25, 0.3) is 0 Å². The number of carbonyl (C=O) groups is 1. The van der Waals surface area contributed by atoms with E-state index in [9.17, 15) is 4.79 Å². The quantitative estimate of drug-likeness (QED) is 0.689. The molecule has 0 saturated carbocycles. The summed E-state index contributed by atoms with van der Waals surface area (Å²) < 4.78 is 15.7. The number of aromatic nitrogens is 3. The number of benzene rings is 1. The lowest BCUT2D eigenvalue weighted by molar-refractivity contribution is 0.109. The van der Waals surface area contributed by atoms with Crippen LogP contribution in [0.25, 0.3) is 22.4 Å². The largest absolute Gasteiger partial charge is 0.453 e. The van der Waals surface area contributed by atoms with Gasteiger partial charge in [-0.05, 0) is 37.0 Å². The third-order valence-corrected chi connectivity index (χ3v) is 5.02. The Morgan fingerprint density at radius 2 is 2.00 bits per heavy atom. The topological polar surface area (TPSA) is 94.5 Å². The van der Waals surface area contributed by atoms with Crippen molar-refractivity contribution in [1.29, 1.82) is 0 Å². The highest BCUT2D eigenvalue weighted by Gasteiger charge is 2.28. The van der Waals surface area contributed by atoms with E-state index in [1.54, 1.807) is 4.90 Å². The molecule has 0 radical (unpaired) electrons. The van der Waals surface area contributed by atoms with Crippen molar-refractivity contribution in [3.05, 3.63) is 29.8 Å². The zero-order chi connectivity index (χ0) is 19.0. The van der Waals surface area contributed by atoms with Crippen molar-refractivity contribution >= 4 is 17.1 Å². The second-order valence-electron chi connectivity index (χ2n) is 7.12. The molecule has 8 nitrogen and oxygen atoms in total. The summed E-state index contributed by atoms with van der Waals surface area (Å²) in [6, 6.07) is 5.79. The molecule has 0 N–H and O–H groups in total. The fraction of sp³-hybridized carbons (Fsp3) is 0.474. The number of rotatable bonds is 3. The molecule has 2 aromatic heterocycles. The lowest BCUT2D eigenvalue weighted by atomic mass is 9.97. The molecule has 3 heterocycles. The molecule has 8 heteroatoms. The second kappa shape index (κ2) is 7.02. The summed E-state index contributed by atoms with van der Waals surface area (Å²) >= 11 is 0. The van der Waals surface area contributed by atoms with Gasteiger partial charge >= 0.3 is 6.09 Å². The van der Waals surface area contributed by atoms with Crippen LogP contribution < -0.4 is 0 Å². The van der Waals surface area contributed by atoms with Crippen LogP contribution in [0.3, 0.4) is 0 Å². The number of ether oxygens (including phenoxy) is 1. The van der Waals surface area contributed by atoms with Gasteiger partial charge in [-0.15, -0.1) is 0 Å². The van der Waals surface area contributed by atoms with Crippen LogP contribution in [0.15, 0.2) is 27.2 Å². The minimum Gasteiger partial charge on any atom is -0.453 e. The molecule has 27 heavy (non-hydrogen) atoms. The van der Waals surface area contributed by atoms with Crippen molar-refractivity contribution in [2.75, 3.05) is 20.2 Å². The molecule has 0 atom stereocenters. The first-order valence-corrected chi connectivity index (χ1v) is 9.13. The van der Waals surface area contributed by atoms with Crippen molar-refractivity contribution in [3.63, 3.8) is 0 Å². The highest BCUT2D eigenvalue weighted by molar-refractivity contribution is 5.84. The van der Waals surface area contributed by atoms with Gasteiger partial charge in [0.15, 0.2) is 5.58 Å². The summed E-state index contributed by atoms with van der Waals surface area (Å²) in [5.41, 5.74) is 2.54. The number of fused-ring (bicyclic) bond motifs is 1. The van der Waals surface area contributed by atoms with E-state index in [2.05, 4.69) is 29.1 Å². The number of amides is 1. The van der Waals surface area contributed by atoms with Crippen LogP contribution >= 0.6 is 0 Å². The molecular formula is C19H22N4O4. The maximum atomic E-state index is 11.6. The van der Waals surface area contributed by atoms with Crippen LogP contribution in [-0.2, 0) is 4.74 Å². The maximum Gasteiger partial charge on any atom is 0.409 e. The predicted octanol–water partition coefficient (Wildman–Crippen LogP) is 3.95. The Balaban J connectivity index is 1.54. The fourth-order valence-corrected chi connectivity index (χ4v) is 3.47. The first kappa shape index (κ1) is 17.5. The molecule has 0 aliphatic carbocycles. The Labute approximate surface area is 156 Å².